The minimum Gasteiger partial charge on any atom is -0.456 e. The highest BCUT2D eigenvalue weighted by Gasteiger charge is 2.19. The van der Waals surface area contributed by atoms with Gasteiger partial charge in [-0.25, -0.2) is 9.97 Å². The first-order valence-corrected chi connectivity index (χ1v) is 18.8. The van der Waals surface area contributed by atoms with Crippen LogP contribution >= 0.6 is 0 Å². The zero-order chi connectivity index (χ0) is 37.3. The lowest BCUT2D eigenvalue weighted by Gasteiger charge is -2.26. The topological polar surface area (TPSA) is 42.2 Å². The van der Waals surface area contributed by atoms with E-state index in [0.29, 0.717) is 5.82 Å². The average Bonchev–Trinajstić information content (AvgIpc) is 3.66. The Bertz CT molecular complexity index is 2880. The number of hydrogen-bond donors (Lipinski definition) is 0. The monoisotopic (exact) mass is 717 g/mol. The van der Waals surface area contributed by atoms with Gasteiger partial charge >= 0.3 is 0 Å². The van der Waals surface area contributed by atoms with Crippen molar-refractivity contribution in [2.75, 3.05) is 4.90 Å². The summed E-state index contributed by atoms with van der Waals surface area (Å²) >= 11 is 0. The molecule has 8 aromatic carbocycles. The minimum atomic E-state index is 0.638. The number of rotatable bonds is 8. The SMILES string of the molecule is c1ccc(-c2cccc(N(c3ccccc3)c3ccc(-c4cc(-c5nc(-c6ccccc6)cc(-c6ccccc6)n5)cc5oc6ccccc6c45)cc3)c2)cc1. The van der Waals surface area contributed by atoms with Crippen LogP contribution in [-0.4, -0.2) is 9.97 Å². The largest absolute Gasteiger partial charge is 0.456 e. The Morgan fingerprint density at radius 3 is 1.54 bits per heavy atom. The Balaban J connectivity index is 1.13. The van der Waals surface area contributed by atoms with Crippen LogP contribution in [-0.2, 0) is 0 Å². The van der Waals surface area contributed by atoms with Crippen LogP contribution in [0.15, 0.2) is 217 Å². The highest BCUT2D eigenvalue weighted by Crippen LogP contribution is 2.42. The smallest absolute Gasteiger partial charge is 0.160 e. The molecule has 0 amide bonds. The van der Waals surface area contributed by atoms with E-state index in [1.165, 1.54) is 11.1 Å². The van der Waals surface area contributed by atoms with E-state index in [2.05, 4.69) is 169 Å². The molecule has 0 saturated heterocycles. The fourth-order valence-corrected chi connectivity index (χ4v) is 7.57. The second kappa shape index (κ2) is 14.3. The Morgan fingerprint density at radius 1 is 0.339 bits per heavy atom. The van der Waals surface area contributed by atoms with E-state index < -0.39 is 0 Å². The summed E-state index contributed by atoms with van der Waals surface area (Å²) in [5, 5.41) is 2.13. The van der Waals surface area contributed by atoms with Crippen molar-refractivity contribution in [2.45, 2.75) is 0 Å². The van der Waals surface area contributed by atoms with E-state index in [9.17, 15) is 0 Å². The van der Waals surface area contributed by atoms with Gasteiger partial charge < -0.3 is 9.32 Å². The molecule has 0 aliphatic rings. The summed E-state index contributed by atoms with van der Waals surface area (Å²) in [6.07, 6.45) is 0. The van der Waals surface area contributed by atoms with Crippen molar-refractivity contribution in [3.05, 3.63) is 212 Å². The first kappa shape index (κ1) is 33.0. The number of furan rings is 1. The summed E-state index contributed by atoms with van der Waals surface area (Å²) in [6, 6.07) is 73.8. The van der Waals surface area contributed by atoms with Crippen LogP contribution in [0.2, 0.25) is 0 Å². The highest BCUT2D eigenvalue weighted by atomic mass is 16.3. The third-order valence-corrected chi connectivity index (χ3v) is 10.3. The van der Waals surface area contributed by atoms with Crippen molar-refractivity contribution in [1.29, 1.82) is 0 Å². The van der Waals surface area contributed by atoms with Gasteiger partial charge in [0.05, 0.1) is 11.4 Å². The summed E-state index contributed by atoms with van der Waals surface area (Å²) in [7, 11) is 0. The molecule has 4 heteroatoms. The minimum absolute atomic E-state index is 0.638. The lowest BCUT2D eigenvalue weighted by molar-refractivity contribution is 0.669. The summed E-state index contributed by atoms with van der Waals surface area (Å²) in [5.41, 5.74) is 14.0. The Kier molecular flexibility index (Phi) is 8.47. The molecule has 2 heterocycles. The van der Waals surface area contributed by atoms with Gasteiger partial charge in [-0.05, 0) is 82.9 Å². The predicted molar refractivity (Wildman–Crippen MR) is 231 cm³/mol. The number of nitrogens with zero attached hydrogens (tertiary/aromatic N) is 3. The van der Waals surface area contributed by atoms with Crippen molar-refractivity contribution in [1.82, 2.24) is 9.97 Å². The summed E-state index contributed by atoms with van der Waals surface area (Å²) in [6.45, 7) is 0. The normalized spacial score (nSPS) is 11.2. The van der Waals surface area contributed by atoms with Gasteiger partial charge in [0.25, 0.3) is 0 Å². The Morgan fingerprint density at radius 2 is 0.875 bits per heavy atom. The molecule has 0 radical (unpaired) electrons. The van der Waals surface area contributed by atoms with Crippen molar-refractivity contribution in [3.8, 4) is 56.2 Å². The molecule has 0 unspecified atom stereocenters. The Labute approximate surface area is 325 Å². The zero-order valence-corrected chi connectivity index (χ0v) is 30.5. The molecule has 56 heavy (non-hydrogen) atoms. The van der Waals surface area contributed by atoms with Crippen molar-refractivity contribution < 1.29 is 4.42 Å². The molecule has 0 bridgehead atoms. The summed E-state index contributed by atoms with van der Waals surface area (Å²) < 4.78 is 6.57. The third-order valence-electron chi connectivity index (χ3n) is 10.3. The second-order valence-electron chi connectivity index (χ2n) is 13.8. The third kappa shape index (κ3) is 6.29. The molecule has 2 aromatic heterocycles. The first-order chi connectivity index (χ1) is 27.7. The van der Waals surface area contributed by atoms with Crippen molar-refractivity contribution in [2.24, 2.45) is 0 Å². The summed E-state index contributed by atoms with van der Waals surface area (Å²) in [4.78, 5) is 12.6. The molecular formula is C52H35N3O. The van der Waals surface area contributed by atoms with Gasteiger partial charge in [-0.1, -0.05) is 152 Å². The van der Waals surface area contributed by atoms with Gasteiger partial charge in [0, 0.05) is 44.5 Å². The van der Waals surface area contributed by atoms with Crippen LogP contribution in [0.25, 0.3) is 78.1 Å². The van der Waals surface area contributed by atoms with Gasteiger partial charge in [-0.2, -0.15) is 0 Å². The molecule has 10 aromatic rings. The van der Waals surface area contributed by atoms with Gasteiger partial charge in [-0.15, -0.1) is 0 Å². The van der Waals surface area contributed by atoms with E-state index in [4.69, 9.17) is 14.4 Å². The maximum atomic E-state index is 6.57. The molecule has 0 fully saturated rings. The van der Waals surface area contributed by atoms with Gasteiger partial charge in [0.2, 0.25) is 0 Å². The van der Waals surface area contributed by atoms with Gasteiger partial charge in [0.1, 0.15) is 11.2 Å². The molecule has 4 nitrogen and oxygen atoms in total. The first-order valence-electron chi connectivity index (χ1n) is 18.8. The zero-order valence-electron chi connectivity index (χ0n) is 30.5. The lowest BCUT2D eigenvalue weighted by atomic mass is 9.96. The van der Waals surface area contributed by atoms with Gasteiger partial charge in [0.15, 0.2) is 5.82 Å². The highest BCUT2D eigenvalue weighted by molar-refractivity contribution is 6.13. The van der Waals surface area contributed by atoms with E-state index >= 15 is 0 Å². The fraction of sp³-hybridized carbons (Fsp3) is 0. The number of fused-ring (bicyclic) bond motifs is 3. The maximum absolute atomic E-state index is 6.57. The molecular weight excluding hydrogens is 683 g/mol. The lowest BCUT2D eigenvalue weighted by Crippen LogP contribution is -2.09. The molecule has 10 rings (SSSR count). The van der Waals surface area contributed by atoms with Crippen LogP contribution in [0.4, 0.5) is 17.1 Å². The quantitative estimate of drug-likeness (QED) is 0.157. The Hall–Kier alpha value is -7.56. The molecule has 0 saturated carbocycles. The summed E-state index contributed by atoms with van der Waals surface area (Å²) in [5.74, 6) is 0.638. The molecule has 0 spiro atoms. The molecule has 0 aliphatic carbocycles. The van der Waals surface area contributed by atoms with Crippen LogP contribution in [0.5, 0.6) is 0 Å². The maximum Gasteiger partial charge on any atom is 0.160 e. The number of benzene rings is 8. The number of hydrogen-bond acceptors (Lipinski definition) is 4. The second-order valence-corrected chi connectivity index (χ2v) is 13.8. The number of aromatic nitrogens is 2. The van der Waals surface area contributed by atoms with Gasteiger partial charge in [-0.3, -0.25) is 0 Å². The van der Waals surface area contributed by atoms with Crippen LogP contribution < -0.4 is 4.90 Å². The van der Waals surface area contributed by atoms with Crippen molar-refractivity contribution >= 4 is 39.0 Å². The predicted octanol–water partition coefficient (Wildman–Crippen LogP) is 14.2. The fourth-order valence-electron chi connectivity index (χ4n) is 7.57. The molecule has 264 valence electrons. The van der Waals surface area contributed by atoms with E-state index in [1.807, 2.05) is 48.5 Å². The molecule has 0 N–H and O–H groups in total. The van der Waals surface area contributed by atoms with Crippen molar-refractivity contribution in [3.63, 3.8) is 0 Å². The number of para-hydroxylation sites is 2. The number of anilines is 3. The standard InChI is InChI=1S/C52H35N3O/c1-5-16-36(17-6-1)40-22-15-25-44(32-40)55(42-23-11-4-12-24-42)43-30-28-37(29-31-43)46-33-41(34-50-51(46)45-26-13-14-27-49(45)56-50)52-53-47(38-18-7-2-8-19-38)35-48(54-52)39-20-9-3-10-21-39/h1-35H. The molecule has 0 aliphatic heterocycles. The van der Waals surface area contributed by atoms with E-state index in [1.54, 1.807) is 0 Å². The van der Waals surface area contributed by atoms with Crippen LogP contribution in [0, 0.1) is 0 Å². The van der Waals surface area contributed by atoms with E-state index in [-0.39, 0.29) is 0 Å². The average molecular weight is 718 g/mol. The van der Waals surface area contributed by atoms with Crippen LogP contribution in [0.3, 0.4) is 0 Å². The van der Waals surface area contributed by atoms with E-state index in [0.717, 1.165) is 78.2 Å². The van der Waals surface area contributed by atoms with Crippen LogP contribution in [0.1, 0.15) is 0 Å². The molecule has 0 atom stereocenters.